The number of methoxy groups -OCH3 is 1. The normalized spacial score (nSPS) is 19.8. The molecule has 0 saturated heterocycles. The van der Waals surface area contributed by atoms with Gasteiger partial charge in [-0.1, -0.05) is 6.07 Å². The average molecular weight is 217 g/mol. The molecule has 2 heteroatoms. The summed E-state index contributed by atoms with van der Waals surface area (Å²) in [6.07, 6.45) is 5.43. The fourth-order valence-corrected chi connectivity index (χ4v) is 2.20. The molecule has 2 nitrogen and oxygen atoms in total. The van der Waals surface area contributed by atoms with Crippen molar-refractivity contribution in [2.45, 2.75) is 44.2 Å². The first-order valence-electron chi connectivity index (χ1n) is 6.27. The maximum atomic E-state index is 5.30. The Morgan fingerprint density at radius 1 is 1.25 bits per heavy atom. The van der Waals surface area contributed by atoms with Gasteiger partial charge >= 0.3 is 0 Å². The monoisotopic (exact) mass is 217 g/mol. The van der Waals surface area contributed by atoms with Gasteiger partial charge in [-0.2, -0.15) is 0 Å². The molecule has 1 aromatic carbocycles. The number of ether oxygens (including phenoxy) is 1. The molecule has 2 saturated carbocycles. The first kappa shape index (κ1) is 10.2. The third kappa shape index (κ3) is 2.22. The molecule has 0 radical (unpaired) electrons. The molecule has 0 unspecified atom stereocenters. The minimum absolute atomic E-state index is 0.776. The van der Waals surface area contributed by atoms with Gasteiger partial charge in [0.2, 0.25) is 0 Å². The lowest BCUT2D eigenvalue weighted by Gasteiger charge is -2.11. The van der Waals surface area contributed by atoms with Crippen molar-refractivity contribution in [1.82, 2.24) is 5.32 Å². The standard InChI is InChI=1S/C14H19NO/c1-16-13-6-7-14(10-2-3-10)11(8-13)9-15-12-4-5-12/h6-8,10,12,15H,2-5,9H2,1H3. The van der Waals surface area contributed by atoms with E-state index in [0.717, 1.165) is 24.3 Å². The summed E-state index contributed by atoms with van der Waals surface area (Å²) in [6, 6.07) is 7.32. The molecule has 3 rings (SSSR count). The molecule has 86 valence electrons. The van der Waals surface area contributed by atoms with E-state index in [9.17, 15) is 0 Å². The smallest absolute Gasteiger partial charge is 0.119 e. The molecule has 1 aromatic rings. The van der Waals surface area contributed by atoms with E-state index in [1.807, 2.05) is 0 Å². The molecule has 0 aromatic heterocycles. The highest BCUT2D eigenvalue weighted by Crippen LogP contribution is 2.42. The predicted octanol–water partition coefficient (Wildman–Crippen LogP) is 2.82. The fraction of sp³-hybridized carbons (Fsp3) is 0.571. The van der Waals surface area contributed by atoms with E-state index in [1.165, 1.54) is 36.8 Å². The number of rotatable bonds is 5. The van der Waals surface area contributed by atoms with E-state index in [-0.39, 0.29) is 0 Å². The van der Waals surface area contributed by atoms with Crippen LogP contribution < -0.4 is 10.1 Å². The maximum absolute atomic E-state index is 5.30. The van der Waals surface area contributed by atoms with Crippen LogP contribution in [0, 0.1) is 0 Å². The number of nitrogens with one attached hydrogen (secondary N) is 1. The quantitative estimate of drug-likeness (QED) is 0.819. The van der Waals surface area contributed by atoms with E-state index < -0.39 is 0 Å². The fourth-order valence-electron chi connectivity index (χ4n) is 2.20. The summed E-state index contributed by atoms with van der Waals surface area (Å²) in [4.78, 5) is 0. The minimum Gasteiger partial charge on any atom is -0.497 e. The van der Waals surface area contributed by atoms with Crippen molar-refractivity contribution in [2.75, 3.05) is 7.11 Å². The Hall–Kier alpha value is -1.02. The molecular formula is C14H19NO. The van der Waals surface area contributed by atoms with Gasteiger partial charge in [0.25, 0.3) is 0 Å². The lowest BCUT2D eigenvalue weighted by Crippen LogP contribution is -2.16. The lowest BCUT2D eigenvalue weighted by molar-refractivity contribution is 0.414. The Morgan fingerprint density at radius 2 is 2.06 bits per heavy atom. The zero-order valence-electron chi connectivity index (χ0n) is 9.83. The van der Waals surface area contributed by atoms with Crippen molar-refractivity contribution in [2.24, 2.45) is 0 Å². The number of benzene rings is 1. The molecule has 0 aliphatic heterocycles. The Bertz CT molecular complexity index is 380. The van der Waals surface area contributed by atoms with Gasteiger partial charge in [-0.3, -0.25) is 0 Å². The molecule has 2 aliphatic carbocycles. The molecule has 0 spiro atoms. The van der Waals surface area contributed by atoms with Crippen LogP contribution in [0.2, 0.25) is 0 Å². The molecular weight excluding hydrogens is 198 g/mol. The molecule has 2 fully saturated rings. The summed E-state index contributed by atoms with van der Waals surface area (Å²) in [6.45, 7) is 1.01. The van der Waals surface area contributed by atoms with Crippen LogP contribution in [0.5, 0.6) is 5.75 Å². The predicted molar refractivity (Wildman–Crippen MR) is 64.8 cm³/mol. The summed E-state index contributed by atoms with van der Waals surface area (Å²) in [7, 11) is 1.74. The summed E-state index contributed by atoms with van der Waals surface area (Å²) >= 11 is 0. The van der Waals surface area contributed by atoms with Gasteiger partial charge in [0.05, 0.1) is 7.11 Å². The molecule has 2 aliphatic rings. The first-order chi connectivity index (χ1) is 7.86. The van der Waals surface area contributed by atoms with E-state index in [1.54, 1.807) is 7.11 Å². The van der Waals surface area contributed by atoms with Gasteiger partial charge in [-0.15, -0.1) is 0 Å². The molecule has 0 bridgehead atoms. The van der Waals surface area contributed by atoms with Crippen LogP contribution in [0.25, 0.3) is 0 Å². The molecule has 16 heavy (non-hydrogen) atoms. The Balaban J connectivity index is 1.78. The van der Waals surface area contributed by atoms with Gasteiger partial charge in [0.1, 0.15) is 5.75 Å². The average Bonchev–Trinajstić information content (AvgIpc) is 3.18. The van der Waals surface area contributed by atoms with Gasteiger partial charge in [-0.25, -0.2) is 0 Å². The molecule has 0 atom stereocenters. The second-order valence-electron chi connectivity index (χ2n) is 4.99. The van der Waals surface area contributed by atoms with Crippen LogP contribution in [-0.2, 0) is 6.54 Å². The van der Waals surface area contributed by atoms with Crippen molar-refractivity contribution in [3.8, 4) is 5.75 Å². The van der Waals surface area contributed by atoms with Crippen molar-refractivity contribution >= 4 is 0 Å². The first-order valence-corrected chi connectivity index (χ1v) is 6.27. The number of hydrogen-bond donors (Lipinski definition) is 1. The highest BCUT2D eigenvalue weighted by atomic mass is 16.5. The Labute approximate surface area is 97.0 Å². The highest BCUT2D eigenvalue weighted by molar-refractivity contribution is 5.39. The van der Waals surface area contributed by atoms with Crippen molar-refractivity contribution in [1.29, 1.82) is 0 Å². The molecule has 0 heterocycles. The topological polar surface area (TPSA) is 21.3 Å². The largest absolute Gasteiger partial charge is 0.497 e. The second-order valence-corrected chi connectivity index (χ2v) is 4.99. The summed E-state index contributed by atoms with van der Waals surface area (Å²) in [5.74, 6) is 1.80. The SMILES string of the molecule is COc1ccc(C2CC2)c(CNC2CC2)c1. The van der Waals surface area contributed by atoms with Crippen LogP contribution in [0.4, 0.5) is 0 Å². The van der Waals surface area contributed by atoms with Crippen LogP contribution in [0.1, 0.15) is 42.7 Å². The van der Waals surface area contributed by atoms with Crippen molar-refractivity contribution < 1.29 is 4.74 Å². The van der Waals surface area contributed by atoms with Crippen LogP contribution >= 0.6 is 0 Å². The molecule has 0 amide bonds. The summed E-state index contributed by atoms with van der Waals surface area (Å²) in [5, 5.41) is 3.59. The zero-order chi connectivity index (χ0) is 11.0. The van der Waals surface area contributed by atoms with Crippen molar-refractivity contribution in [3.63, 3.8) is 0 Å². The number of hydrogen-bond acceptors (Lipinski definition) is 2. The van der Waals surface area contributed by atoms with Crippen molar-refractivity contribution in [3.05, 3.63) is 29.3 Å². The maximum Gasteiger partial charge on any atom is 0.119 e. The lowest BCUT2D eigenvalue weighted by atomic mass is 10.0. The Kier molecular flexibility index (Phi) is 2.60. The van der Waals surface area contributed by atoms with Gasteiger partial charge in [0, 0.05) is 12.6 Å². The highest BCUT2D eigenvalue weighted by Gasteiger charge is 2.27. The van der Waals surface area contributed by atoms with E-state index in [2.05, 4.69) is 23.5 Å². The third-order valence-electron chi connectivity index (χ3n) is 3.53. The van der Waals surface area contributed by atoms with Crippen LogP contribution in [0.3, 0.4) is 0 Å². The van der Waals surface area contributed by atoms with Gasteiger partial charge < -0.3 is 10.1 Å². The van der Waals surface area contributed by atoms with E-state index >= 15 is 0 Å². The third-order valence-corrected chi connectivity index (χ3v) is 3.53. The zero-order valence-corrected chi connectivity index (χ0v) is 9.83. The van der Waals surface area contributed by atoms with Gasteiger partial charge in [-0.05, 0) is 54.9 Å². The molecule has 1 N–H and O–H groups in total. The minimum atomic E-state index is 0.776. The van der Waals surface area contributed by atoms with Gasteiger partial charge in [0.15, 0.2) is 0 Å². The Morgan fingerprint density at radius 3 is 2.69 bits per heavy atom. The summed E-state index contributed by atoms with van der Waals surface area (Å²) < 4.78 is 5.30. The second kappa shape index (κ2) is 4.10. The van der Waals surface area contributed by atoms with Crippen LogP contribution in [-0.4, -0.2) is 13.2 Å². The van der Waals surface area contributed by atoms with E-state index in [4.69, 9.17) is 4.74 Å². The van der Waals surface area contributed by atoms with E-state index in [0.29, 0.717) is 0 Å². The summed E-state index contributed by atoms with van der Waals surface area (Å²) in [5.41, 5.74) is 2.97. The van der Waals surface area contributed by atoms with Crippen LogP contribution in [0.15, 0.2) is 18.2 Å².